The Morgan fingerprint density at radius 1 is 1.14 bits per heavy atom. The van der Waals surface area contributed by atoms with E-state index in [4.69, 9.17) is 4.42 Å². The third kappa shape index (κ3) is 3.28. The molecule has 114 valence electrons. The van der Waals surface area contributed by atoms with Crippen LogP contribution in [-0.2, 0) is 13.1 Å². The van der Waals surface area contributed by atoms with Crippen molar-refractivity contribution >= 4 is 11.0 Å². The van der Waals surface area contributed by atoms with Crippen LogP contribution in [0.1, 0.15) is 18.2 Å². The first kappa shape index (κ1) is 14.6. The van der Waals surface area contributed by atoms with E-state index in [1.54, 1.807) is 0 Å². The van der Waals surface area contributed by atoms with Gasteiger partial charge in [0.05, 0.1) is 6.54 Å². The average molecular weight is 287 g/mol. The van der Waals surface area contributed by atoms with Gasteiger partial charge in [-0.3, -0.25) is 4.90 Å². The molecule has 0 unspecified atom stereocenters. The van der Waals surface area contributed by atoms with E-state index in [1.165, 1.54) is 10.9 Å². The number of hydrogen-bond acceptors (Lipinski definition) is 4. The lowest BCUT2D eigenvalue weighted by Crippen LogP contribution is -2.44. The van der Waals surface area contributed by atoms with E-state index in [0.29, 0.717) is 0 Å². The molecule has 4 nitrogen and oxygen atoms in total. The molecule has 21 heavy (non-hydrogen) atoms. The van der Waals surface area contributed by atoms with Crippen LogP contribution in [0.25, 0.3) is 11.0 Å². The molecule has 2 aromatic rings. The zero-order valence-electron chi connectivity index (χ0n) is 13.1. The molecule has 4 heteroatoms. The molecule has 1 aliphatic heterocycles. The molecule has 0 radical (unpaired) electrons. The summed E-state index contributed by atoms with van der Waals surface area (Å²) in [4.78, 5) is 4.93. The predicted octanol–water partition coefficient (Wildman–Crippen LogP) is 2.29. The normalized spacial score (nSPS) is 17.6. The summed E-state index contributed by atoms with van der Waals surface area (Å²) in [5.41, 5.74) is 2.37. The number of para-hydroxylation sites is 1. The summed E-state index contributed by atoms with van der Waals surface area (Å²) in [7, 11) is 2.20. The predicted molar refractivity (Wildman–Crippen MR) is 86.4 cm³/mol. The summed E-state index contributed by atoms with van der Waals surface area (Å²) in [6.45, 7) is 9.47. The maximum absolute atomic E-state index is 6.06. The lowest BCUT2D eigenvalue weighted by atomic mass is 10.1. The Balaban J connectivity index is 1.84. The standard InChI is InChI=1S/C17H25N3O/c1-3-18-12-17-15(13-20-10-8-19(2)9-11-20)14-6-4-5-7-16(14)21-17/h4-7,18H,3,8-13H2,1-2H3. The highest BCUT2D eigenvalue weighted by molar-refractivity contribution is 5.82. The van der Waals surface area contributed by atoms with Gasteiger partial charge < -0.3 is 14.6 Å². The van der Waals surface area contributed by atoms with Gasteiger partial charge in [0.2, 0.25) is 0 Å². The zero-order chi connectivity index (χ0) is 14.7. The van der Waals surface area contributed by atoms with Gasteiger partial charge in [-0.2, -0.15) is 0 Å². The van der Waals surface area contributed by atoms with Crippen molar-refractivity contribution in [3.05, 3.63) is 35.6 Å². The summed E-state index contributed by atoms with van der Waals surface area (Å²) in [6, 6.07) is 8.39. The molecule has 1 aromatic carbocycles. The van der Waals surface area contributed by atoms with Crippen molar-refractivity contribution in [3.63, 3.8) is 0 Å². The largest absolute Gasteiger partial charge is 0.459 e. The minimum absolute atomic E-state index is 0.814. The first-order valence-electron chi connectivity index (χ1n) is 7.89. The quantitative estimate of drug-likeness (QED) is 0.914. The van der Waals surface area contributed by atoms with Gasteiger partial charge in [-0.25, -0.2) is 0 Å². The van der Waals surface area contributed by atoms with Crippen molar-refractivity contribution < 1.29 is 4.42 Å². The maximum atomic E-state index is 6.06. The first-order valence-corrected chi connectivity index (χ1v) is 7.89. The molecular weight excluding hydrogens is 262 g/mol. The number of benzene rings is 1. The van der Waals surface area contributed by atoms with Crippen LogP contribution in [-0.4, -0.2) is 49.6 Å². The van der Waals surface area contributed by atoms with Crippen LogP contribution in [0.15, 0.2) is 28.7 Å². The molecule has 0 spiro atoms. The Bertz CT molecular complexity index is 585. The van der Waals surface area contributed by atoms with E-state index in [0.717, 1.165) is 57.2 Å². The number of rotatable bonds is 5. The third-order valence-electron chi connectivity index (χ3n) is 4.30. The monoisotopic (exact) mass is 287 g/mol. The second-order valence-electron chi connectivity index (χ2n) is 5.86. The lowest BCUT2D eigenvalue weighted by molar-refractivity contribution is 0.148. The van der Waals surface area contributed by atoms with E-state index in [2.05, 4.69) is 47.3 Å². The summed E-state index contributed by atoms with van der Waals surface area (Å²) >= 11 is 0. The Morgan fingerprint density at radius 3 is 2.67 bits per heavy atom. The highest BCUT2D eigenvalue weighted by Crippen LogP contribution is 2.27. The Hall–Kier alpha value is -1.36. The molecule has 0 bridgehead atoms. The molecule has 0 saturated carbocycles. The minimum atomic E-state index is 0.814. The highest BCUT2D eigenvalue weighted by atomic mass is 16.3. The van der Waals surface area contributed by atoms with Crippen molar-refractivity contribution in [2.75, 3.05) is 39.8 Å². The Kier molecular flexibility index (Phi) is 4.58. The fourth-order valence-electron chi connectivity index (χ4n) is 2.93. The van der Waals surface area contributed by atoms with Crippen molar-refractivity contribution in [2.45, 2.75) is 20.0 Å². The number of piperazine rings is 1. The number of likely N-dealkylation sites (N-methyl/N-ethyl adjacent to an activating group) is 1. The average Bonchev–Trinajstić information content (AvgIpc) is 2.85. The molecule has 0 amide bonds. The van der Waals surface area contributed by atoms with E-state index < -0.39 is 0 Å². The Morgan fingerprint density at radius 2 is 1.90 bits per heavy atom. The number of nitrogens with one attached hydrogen (secondary N) is 1. The van der Waals surface area contributed by atoms with E-state index in [1.807, 2.05) is 6.07 Å². The van der Waals surface area contributed by atoms with Gasteiger partial charge in [0, 0.05) is 43.7 Å². The van der Waals surface area contributed by atoms with Crippen molar-refractivity contribution in [3.8, 4) is 0 Å². The molecule has 0 atom stereocenters. The van der Waals surface area contributed by atoms with E-state index in [-0.39, 0.29) is 0 Å². The number of nitrogens with zero attached hydrogens (tertiary/aromatic N) is 2. The van der Waals surface area contributed by atoms with E-state index >= 15 is 0 Å². The summed E-state index contributed by atoms with van der Waals surface area (Å²) in [6.07, 6.45) is 0. The maximum Gasteiger partial charge on any atom is 0.134 e. The van der Waals surface area contributed by atoms with Crippen molar-refractivity contribution in [2.24, 2.45) is 0 Å². The smallest absolute Gasteiger partial charge is 0.134 e. The van der Waals surface area contributed by atoms with Crippen molar-refractivity contribution in [1.29, 1.82) is 0 Å². The van der Waals surface area contributed by atoms with Gasteiger partial charge >= 0.3 is 0 Å². The summed E-state index contributed by atoms with van der Waals surface area (Å²) < 4.78 is 6.06. The topological polar surface area (TPSA) is 31.7 Å². The second-order valence-corrected chi connectivity index (χ2v) is 5.86. The van der Waals surface area contributed by atoms with Gasteiger partial charge in [-0.05, 0) is 19.7 Å². The molecular formula is C17H25N3O. The molecule has 1 aliphatic rings. The van der Waals surface area contributed by atoms with E-state index in [9.17, 15) is 0 Å². The zero-order valence-corrected chi connectivity index (χ0v) is 13.1. The van der Waals surface area contributed by atoms with Gasteiger partial charge in [0.25, 0.3) is 0 Å². The third-order valence-corrected chi connectivity index (χ3v) is 4.30. The number of fused-ring (bicyclic) bond motifs is 1. The lowest BCUT2D eigenvalue weighted by Gasteiger charge is -2.32. The molecule has 1 fully saturated rings. The van der Waals surface area contributed by atoms with Crippen LogP contribution >= 0.6 is 0 Å². The van der Waals surface area contributed by atoms with Gasteiger partial charge in [0.1, 0.15) is 11.3 Å². The van der Waals surface area contributed by atoms with Gasteiger partial charge in [0.15, 0.2) is 0 Å². The molecule has 0 aliphatic carbocycles. The van der Waals surface area contributed by atoms with Gasteiger partial charge in [-0.1, -0.05) is 25.1 Å². The highest BCUT2D eigenvalue weighted by Gasteiger charge is 2.19. The van der Waals surface area contributed by atoms with Crippen LogP contribution in [0.4, 0.5) is 0 Å². The van der Waals surface area contributed by atoms with Crippen LogP contribution < -0.4 is 5.32 Å². The fraction of sp³-hybridized carbons (Fsp3) is 0.529. The Labute approximate surface area is 126 Å². The first-order chi connectivity index (χ1) is 10.3. The summed E-state index contributed by atoms with van der Waals surface area (Å²) in [5.74, 6) is 1.09. The SMILES string of the molecule is CCNCc1oc2ccccc2c1CN1CCN(C)CC1. The van der Waals surface area contributed by atoms with Gasteiger partial charge in [-0.15, -0.1) is 0 Å². The number of furan rings is 1. The van der Waals surface area contributed by atoms with Crippen LogP contribution in [0.5, 0.6) is 0 Å². The molecule has 1 aromatic heterocycles. The van der Waals surface area contributed by atoms with Crippen LogP contribution in [0.3, 0.4) is 0 Å². The molecule has 2 heterocycles. The molecule has 3 rings (SSSR count). The van der Waals surface area contributed by atoms with Crippen LogP contribution in [0.2, 0.25) is 0 Å². The number of hydrogen-bond donors (Lipinski definition) is 1. The van der Waals surface area contributed by atoms with Crippen LogP contribution in [0, 0.1) is 0 Å². The molecule has 1 N–H and O–H groups in total. The van der Waals surface area contributed by atoms with Crippen molar-refractivity contribution in [1.82, 2.24) is 15.1 Å². The fourth-order valence-corrected chi connectivity index (χ4v) is 2.93. The summed E-state index contributed by atoms with van der Waals surface area (Å²) in [5, 5.41) is 4.66. The second kappa shape index (κ2) is 6.60. The molecule has 1 saturated heterocycles. The minimum Gasteiger partial charge on any atom is -0.459 e.